The van der Waals surface area contributed by atoms with Crippen LogP contribution in [0.25, 0.3) is 10.9 Å². The van der Waals surface area contributed by atoms with Crippen LogP contribution in [0.15, 0.2) is 58.0 Å². The number of nitro groups is 1. The maximum atomic E-state index is 11.5. The molecule has 0 saturated carbocycles. The zero-order valence-corrected chi connectivity index (χ0v) is 15.3. The van der Waals surface area contributed by atoms with Crippen molar-refractivity contribution in [3.8, 4) is 0 Å². The molecule has 0 radical (unpaired) electrons. The van der Waals surface area contributed by atoms with E-state index in [0.29, 0.717) is 22.3 Å². The van der Waals surface area contributed by atoms with Gasteiger partial charge in [-0.05, 0) is 42.5 Å². The molecule has 0 aliphatic heterocycles. The van der Waals surface area contributed by atoms with E-state index in [0.717, 1.165) is 10.7 Å². The lowest BCUT2D eigenvalue weighted by atomic mass is 10.1. The lowest BCUT2D eigenvalue weighted by molar-refractivity contribution is -0.384. The molecule has 9 heteroatoms. The minimum atomic E-state index is -3.31. The SMILES string of the molecule is CS(=O)(=O)c1ccc(Nc2c([N+](=O)[O-])cnc3ccc(Br)cc23)cc1. The predicted molar refractivity (Wildman–Crippen MR) is 98.9 cm³/mol. The van der Waals surface area contributed by atoms with Crippen LogP contribution in [0.1, 0.15) is 0 Å². The fraction of sp³-hybridized carbons (Fsp3) is 0.0625. The van der Waals surface area contributed by atoms with Crippen LogP contribution in [0.5, 0.6) is 0 Å². The lowest BCUT2D eigenvalue weighted by Crippen LogP contribution is -2.00. The zero-order valence-electron chi connectivity index (χ0n) is 12.9. The second-order valence-electron chi connectivity index (χ2n) is 5.36. The summed E-state index contributed by atoms with van der Waals surface area (Å²) in [5.74, 6) is 0. The first kappa shape index (κ1) is 17.3. The highest BCUT2D eigenvalue weighted by atomic mass is 79.9. The zero-order chi connectivity index (χ0) is 18.2. The Hall–Kier alpha value is -2.52. The molecule has 1 N–H and O–H groups in total. The van der Waals surface area contributed by atoms with Gasteiger partial charge in [0, 0.05) is 21.8 Å². The Morgan fingerprint density at radius 1 is 1.16 bits per heavy atom. The number of rotatable bonds is 4. The van der Waals surface area contributed by atoms with Crippen LogP contribution in [0.2, 0.25) is 0 Å². The van der Waals surface area contributed by atoms with Gasteiger partial charge in [0.25, 0.3) is 0 Å². The van der Waals surface area contributed by atoms with Gasteiger partial charge in [0.15, 0.2) is 9.84 Å². The second-order valence-corrected chi connectivity index (χ2v) is 8.29. The average Bonchev–Trinajstić information content (AvgIpc) is 2.54. The Morgan fingerprint density at radius 3 is 2.44 bits per heavy atom. The molecule has 1 heterocycles. The molecule has 0 saturated heterocycles. The molecule has 0 fully saturated rings. The molecule has 1 aromatic heterocycles. The summed E-state index contributed by atoms with van der Waals surface area (Å²) in [7, 11) is -3.31. The Kier molecular flexibility index (Phi) is 4.44. The quantitative estimate of drug-likeness (QED) is 0.503. The molecule has 0 amide bonds. The van der Waals surface area contributed by atoms with Crippen LogP contribution < -0.4 is 5.32 Å². The summed E-state index contributed by atoms with van der Waals surface area (Å²) in [4.78, 5) is 15.1. The summed E-state index contributed by atoms with van der Waals surface area (Å²) in [6, 6.07) is 11.3. The molecule has 3 rings (SSSR count). The molecule has 0 unspecified atom stereocenters. The number of benzene rings is 2. The van der Waals surface area contributed by atoms with E-state index in [2.05, 4.69) is 26.2 Å². The summed E-state index contributed by atoms with van der Waals surface area (Å²) < 4.78 is 23.8. The average molecular weight is 422 g/mol. The number of nitrogens with one attached hydrogen (secondary N) is 1. The Labute approximate surface area is 151 Å². The highest BCUT2D eigenvalue weighted by Crippen LogP contribution is 2.35. The Bertz CT molecular complexity index is 1080. The number of anilines is 2. The van der Waals surface area contributed by atoms with Crippen LogP contribution in [0.3, 0.4) is 0 Å². The second kappa shape index (κ2) is 6.41. The van der Waals surface area contributed by atoms with Crippen LogP contribution in [0.4, 0.5) is 17.1 Å². The van der Waals surface area contributed by atoms with Crippen LogP contribution in [-0.2, 0) is 9.84 Å². The van der Waals surface area contributed by atoms with Gasteiger partial charge in [0.2, 0.25) is 0 Å². The van der Waals surface area contributed by atoms with E-state index >= 15 is 0 Å². The number of sulfone groups is 1. The van der Waals surface area contributed by atoms with E-state index in [4.69, 9.17) is 0 Å². The van der Waals surface area contributed by atoms with E-state index in [9.17, 15) is 18.5 Å². The topological polar surface area (TPSA) is 102 Å². The molecular formula is C16H12BrN3O4S. The van der Waals surface area contributed by atoms with Crippen molar-refractivity contribution in [2.45, 2.75) is 4.90 Å². The minimum absolute atomic E-state index is 0.169. The van der Waals surface area contributed by atoms with Crippen molar-refractivity contribution in [3.05, 3.63) is 63.2 Å². The van der Waals surface area contributed by atoms with E-state index in [1.165, 1.54) is 18.3 Å². The summed E-state index contributed by atoms with van der Waals surface area (Å²) in [6.07, 6.45) is 2.32. The van der Waals surface area contributed by atoms with Gasteiger partial charge in [-0.1, -0.05) is 15.9 Å². The molecular weight excluding hydrogens is 410 g/mol. The molecule has 7 nitrogen and oxygen atoms in total. The molecule has 3 aromatic rings. The maximum absolute atomic E-state index is 11.5. The molecule has 25 heavy (non-hydrogen) atoms. The smallest absolute Gasteiger partial charge is 0.311 e. The first-order valence-electron chi connectivity index (χ1n) is 7.05. The van der Waals surface area contributed by atoms with E-state index in [1.54, 1.807) is 30.3 Å². The molecule has 0 atom stereocenters. The lowest BCUT2D eigenvalue weighted by Gasteiger charge is -2.11. The molecule has 0 aliphatic rings. The standard InChI is InChI=1S/C16H12BrN3O4S/c1-25(23,24)12-5-3-11(4-6-12)19-16-13-8-10(17)2-7-14(13)18-9-15(16)20(21)22/h2-9H,1H3,(H,18,19). The molecule has 0 spiro atoms. The predicted octanol–water partition coefficient (Wildman–Crippen LogP) is 4.05. The number of pyridine rings is 1. The molecule has 0 aliphatic carbocycles. The Morgan fingerprint density at radius 2 is 1.84 bits per heavy atom. The summed E-state index contributed by atoms with van der Waals surface area (Å²) >= 11 is 3.35. The van der Waals surface area contributed by atoms with Gasteiger partial charge in [-0.2, -0.15) is 0 Å². The van der Waals surface area contributed by atoms with Crippen molar-refractivity contribution in [3.63, 3.8) is 0 Å². The van der Waals surface area contributed by atoms with Gasteiger partial charge in [0.05, 0.1) is 15.3 Å². The van der Waals surface area contributed by atoms with Crippen LogP contribution in [-0.4, -0.2) is 24.6 Å². The third-order valence-corrected chi connectivity index (χ3v) is 5.18. The van der Waals surface area contributed by atoms with Crippen molar-refractivity contribution < 1.29 is 13.3 Å². The first-order chi connectivity index (χ1) is 11.8. The monoisotopic (exact) mass is 421 g/mol. The van der Waals surface area contributed by atoms with E-state index in [1.807, 2.05) is 0 Å². The summed E-state index contributed by atoms with van der Waals surface area (Å²) in [5, 5.41) is 14.9. The Balaban J connectivity index is 2.12. The summed E-state index contributed by atoms with van der Waals surface area (Å²) in [5.41, 5.74) is 1.26. The van der Waals surface area contributed by atoms with E-state index in [-0.39, 0.29) is 10.6 Å². The van der Waals surface area contributed by atoms with Gasteiger partial charge in [0.1, 0.15) is 11.9 Å². The van der Waals surface area contributed by atoms with Crippen molar-refractivity contribution in [1.82, 2.24) is 4.98 Å². The molecule has 128 valence electrons. The third-order valence-electron chi connectivity index (χ3n) is 3.56. The highest BCUT2D eigenvalue weighted by Gasteiger charge is 2.19. The number of hydrogen-bond acceptors (Lipinski definition) is 6. The van der Waals surface area contributed by atoms with Gasteiger partial charge >= 0.3 is 5.69 Å². The van der Waals surface area contributed by atoms with Gasteiger partial charge in [-0.15, -0.1) is 0 Å². The van der Waals surface area contributed by atoms with Crippen molar-refractivity contribution in [1.29, 1.82) is 0 Å². The number of halogens is 1. The van der Waals surface area contributed by atoms with Crippen LogP contribution in [0, 0.1) is 10.1 Å². The molecule has 2 aromatic carbocycles. The van der Waals surface area contributed by atoms with Gasteiger partial charge < -0.3 is 5.32 Å². The number of nitrogens with zero attached hydrogens (tertiary/aromatic N) is 2. The largest absolute Gasteiger partial charge is 0.349 e. The first-order valence-corrected chi connectivity index (χ1v) is 9.74. The fourth-order valence-corrected chi connectivity index (χ4v) is 3.35. The normalized spacial score (nSPS) is 11.4. The summed E-state index contributed by atoms with van der Waals surface area (Å²) in [6.45, 7) is 0. The number of fused-ring (bicyclic) bond motifs is 1. The van der Waals surface area contributed by atoms with Crippen molar-refractivity contribution in [2.75, 3.05) is 11.6 Å². The van der Waals surface area contributed by atoms with E-state index < -0.39 is 14.8 Å². The number of aromatic nitrogens is 1. The minimum Gasteiger partial charge on any atom is -0.349 e. The third kappa shape index (κ3) is 3.62. The van der Waals surface area contributed by atoms with Crippen molar-refractivity contribution in [2.24, 2.45) is 0 Å². The molecule has 0 bridgehead atoms. The number of hydrogen-bond donors (Lipinski definition) is 1. The van der Waals surface area contributed by atoms with Crippen LogP contribution >= 0.6 is 15.9 Å². The maximum Gasteiger partial charge on any atom is 0.311 e. The van der Waals surface area contributed by atoms with Gasteiger partial charge in [-0.3, -0.25) is 10.1 Å². The van der Waals surface area contributed by atoms with Crippen molar-refractivity contribution >= 4 is 53.7 Å². The van der Waals surface area contributed by atoms with Gasteiger partial charge in [-0.25, -0.2) is 13.4 Å². The fourth-order valence-electron chi connectivity index (χ4n) is 2.35. The highest BCUT2D eigenvalue weighted by molar-refractivity contribution is 9.10.